The van der Waals surface area contributed by atoms with Crippen LogP contribution in [0.25, 0.3) is 0 Å². The van der Waals surface area contributed by atoms with E-state index in [-0.39, 0.29) is 11.5 Å². The number of hydrogen-bond acceptors (Lipinski definition) is 6. The van der Waals surface area contributed by atoms with Crippen LogP contribution < -0.4 is 15.7 Å². The molecule has 0 aliphatic rings. The van der Waals surface area contributed by atoms with Gasteiger partial charge in [0.1, 0.15) is 11.9 Å². The van der Waals surface area contributed by atoms with E-state index in [0.717, 1.165) is 18.2 Å². The maximum absolute atomic E-state index is 11.0. The molecule has 1 heterocycles. The second-order valence-corrected chi connectivity index (χ2v) is 4.50. The monoisotopic (exact) mass is 307 g/mol. The van der Waals surface area contributed by atoms with Crippen molar-refractivity contribution in [1.29, 1.82) is 0 Å². The van der Waals surface area contributed by atoms with Crippen LogP contribution in [0.2, 0.25) is 5.02 Å². The van der Waals surface area contributed by atoms with E-state index in [4.69, 9.17) is 16.3 Å². The fourth-order valence-electron chi connectivity index (χ4n) is 1.46. The quantitative estimate of drug-likeness (QED) is 0.629. The summed E-state index contributed by atoms with van der Waals surface area (Å²) in [6, 6.07) is 5.34. The molecule has 21 heavy (non-hydrogen) atoms. The first-order valence-electron chi connectivity index (χ1n) is 6.32. The normalized spacial score (nSPS) is 10.8. The SMILES string of the molecule is CCCOc1ccc(/C=N/Nc2nncc(=O)[nH]2)cc1Cl. The minimum atomic E-state index is -0.358. The van der Waals surface area contributed by atoms with E-state index in [2.05, 4.69) is 25.7 Å². The Bertz CT molecular complexity index is 686. The maximum Gasteiger partial charge on any atom is 0.271 e. The van der Waals surface area contributed by atoms with Gasteiger partial charge >= 0.3 is 0 Å². The Morgan fingerprint density at radius 2 is 2.38 bits per heavy atom. The standard InChI is InChI=1S/C13H14ClN5O2/c1-2-5-21-11-4-3-9(6-10(11)14)7-15-18-13-17-12(20)8-16-19-13/h3-4,6-8H,2,5H2,1H3,(H2,17,18,19,20)/b15-7+. The molecule has 110 valence electrons. The molecule has 0 saturated carbocycles. The molecule has 0 atom stereocenters. The van der Waals surface area contributed by atoms with Crippen LogP contribution in [0.15, 0.2) is 34.3 Å². The molecule has 0 aliphatic heterocycles. The average Bonchev–Trinajstić information content (AvgIpc) is 2.46. The Morgan fingerprint density at radius 3 is 3.10 bits per heavy atom. The lowest BCUT2D eigenvalue weighted by molar-refractivity contribution is 0.317. The summed E-state index contributed by atoms with van der Waals surface area (Å²) in [4.78, 5) is 13.4. The average molecular weight is 308 g/mol. The van der Waals surface area contributed by atoms with Gasteiger partial charge in [0, 0.05) is 0 Å². The van der Waals surface area contributed by atoms with Crippen molar-refractivity contribution in [3.8, 4) is 5.75 Å². The topological polar surface area (TPSA) is 92.3 Å². The third kappa shape index (κ3) is 4.57. The summed E-state index contributed by atoms with van der Waals surface area (Å²) in [5.41, 5.74) is 2.99. The van der Waals surface area contributed by atoms with Crippen molar-refractivity contribution in [3.05, 3.63) is 45.3 Å². The molecule has 0 unspecified atom stereocenters. The highest BCUT2D eigenvalue weighted by Gasteiger charge is 2.01. The van der Waals surface area contributed by atoms with Crippen LogP contribution >= 0.6 is 11.6 Å². The molecule has 0 bridgehead atoms. The van der Waals surface area contributed by atoms with E-state index < -0.39 is 0 Å². The number of nitrogens with one attached hydrogen (secondary N) is 2. The van der Waals surface area contributed by atoms with Gasteiger partial charge in [0.2, 0.25) is 5.95 Å². The van der Waals surface area contributed by atoms with Crippen molar-refractivity contribution in [2.45, 2.75) is 13.3 Å². The van der Waals surface area contributed by atoms with Crippen molar-refractivity contribution < 1.29 is 4.74 Å². The van der Waals surface area contributed by atoms with Gasteiger partial charge in [0.25, 0.3) is 5.56 Å². The van der Waals surface area contributed by atoms with Gasteiger partial charge in [0.15, 0.2) is 0 Å². The first kappa shape index (κ1) is 15.0. The highest BCUT2D eigenvalue weighted by molar-refractivity contribution is 6.32. The molecular weight excluding hydrogens is 294 g/mol. The van der Waals surface area contributed by atoms with Crippen molar-refractivity contribution in [3.63, 3.8) is 0 Å². The molecule has 0 fully saturated rings. The predicted molar refractivity (Wildman–Crippen MR) is 81.1 cm³/mol. The zero-order valence-electron chi connectivity index (χ0n) is 11.3. The van der Waals surface area contributed by atoms with Crippen molar-refractivity contribution >= 4 is 23.8 Å². The number of anilines is 1. The van der Waals surface area contributed by atoms with Gasteiger partial charge in [-0.15, -0.1) is 10.2 Å². The van der Waals surface area contributed by atoms with Crippen LogP contribution in [0.1, 0.15) is 18.9 Å². The van der Waals surface area contributed by atoms with Crippen molar-refractivity contribution in [2.75, 3.05) is 12.0 Å². The summed E-state index contributed by atoms with van der Waals surface area (Å²) >= 11 is 6.10. The van der Waals surface area contributed by atoms with Gasteiger partial charge in [-0.05, 0) is 30.2 Å². The Morgan fingerprint density at radius 1 is 1.52 bits per heavy atom. The summed E-state index contributed by atoms with van der Waals surface area (Å²) < 4.78 is 5.48. The molecule has 0 spiro atoms. The van der Waals surface area contributed by atoms with Crippen molar-refractivity contribution in [1.82, 2.24) is 15.2 Å². The van der Waals surface area contributed by atoms with Crippen LogP contribution in [-0.4, -0.2) is 28.0 Å². The van der Waals surface area contributed by atoms with Crippen LogP contribution in [0.4, 0.5) is 5.95 Å². The first-order chi connectivity index (χ1) is 10.2. The largest absolute Gasteiger partial charge is 0.492 e. The van der Waals surface area contributed by atoms with E-state index in [0.29, 0.717) is 17.4 Å². The van der Waals surface area contributed by atoms with Crippen LogP contribution in [-0.2, 0) is 0 Å². The predicted octanol–water partition coefficient (Wildman–Crippen LogP) is 2.05. The van der Waals surface area contributed by atoms with Crippen LogP contribution in [0.3, 0.4) is 0 Å². The number of H-pyrrole nitrogens is 1. The molecule has 7 nitrogen and oxygen atoms in total. The lowest BCUT2D eigenvalue weighted by Crippen LogP contribution is -2.10. The van der Waals surface area contributed by atoms with Gasteiger partial charge < -0.3 is 4.74 Å². The molecule has 8 heteroatoms. The second-order valence-electron chi connectivity index (χ2n) is 4.09. The highest BCUT2D eigenvalue weighted by Crippen LogP contribution is 2.24. The Kier molecular flexibility index (Phi) is 5.28. The van der Waals surface area contributed by atoms with Gasteiger partial charge in [-0.1, -0.05) is 18.5 Å². The van der Waals surface area contributed by atoms with Crippen LogP contribution in [0, 0.1) is 0 Å². The van der Waals surface area contributed by atoms with E-state index in [1.54, 1.807) is 18.3 Å². The summed E-state index contributed by atoms with van der Waals surface area (Å²) in [6.45, 7) is 2.64. The van der Waals surface area contributed by atoms with E-state index in [9.17, 15) is 4.79 Å². The number of aromatic amines is 1. The van der Waals surface area contributed by atoms with Gasteiger partial charge in [-0.25, -0.2) is 5.43 Å². The lowest BCUT2D eigenvalue weighted by Gasteiger charge is -2.06. The molecule has 1 aromatic heterocycles. The molecule has 2 N–H and O–H groups in total. The van der Waals surface area contributed by atoms with Gasteiger partial charge in [-0.3, -0.25) is 9.78 Å². The first-order valence-corrected chi connectivity index (χ1v) is 6.70. The fourth-order valence-corrected chi connectivity index (χ4v) is 1.70. The molecule has 0 saturated heterocycles. The third-order valence-corrected chi connectivity index (χ3v) is 2.67. The number of halogens is 1. The number of hydrogen-bond donors (Lipinski definition) is 2. The number of aromatic nitrogens is 3. The molecule has 2 aromatic rings. The molecule has 0 aliphatic carbocycles. The number of rotatable bonds is 6. The summed E-state index contributed by atoms with van der Waals surface area (Å²) in [6.07, 6.45) is 3.53. The molecule has 0 amide bonds. The number of nitrogens with zero attached hydrogens (tertiary/aromatic N) is 3. The molecule has 0 radical (unpaired) electrons. The second kappa shape index (κ2) is 7.39. The Hall–Kier alpha value is -2.41. The zero-order valence-corrected chi connectivity index (χ0v) is 12.1. The fraction of sp³-hybridized carbons (Fsp3) is 0.231. The third-order valence-electron chi connectivity index (χ3n) is 2.38. The van der Waals surface area contributed by atoms with Crippen LogP contribution in [0.5, 0.6) is 5.75 Å². The van der Waals surface area contributed by atoms with E-state index in [1.165, 1.54) is 0 Å². The Balaban J connectivity index is 2.01. The summed E-state index contributed by atoms with van der Waals surface area (Å²) in [7, 11) is 0. The maximum atomic E-state index is 11.0. The van der Waals surface area contributed by atoms with E-state index in [1.807, 2.05) is 13.0 Å². The van der Waals surface area contributed by atoms with E-state index >= 15 is 0 Å². The van der Waals surface area contributed by atoms with Gasteiger partial charge in [-0.2, -0.15) is 5.10 Å². The number of benzene rings is 1. The molecule has 2 rings (SSSR count). The summed E-state index contributed by atoms with van der Waals surface area (Å²) in [5.74, 6) is 0.801. The highest BCUT2D eigenvalue weighted by atomic mass is 35.5. The number of hydrazone groups is 1. The Labute approximate surface area is 126 Å². The van der Waals surface area contributed by atoms with Crippen molar-refractivity contribution in [2.24, 2.45) is 5.10 Å². The molecular formula is C13H14ClN5O2. The lowest BCUT2D eigenvalue weighted by atomic mass is 10.2. The zero-order chi connectivity index (χ0) is 15.1. The minimum Gasteiger partial charge on any atom is -0.492 e. The minimum absolute atomic E-state index is 0.160. The number of ether oxygens (including phenoxy) is 1. The van der Waals surface area contributed by atoms with Gasteiger partial charge in [0.05, 0.1) is 17.8 Å². The molecule has 1 aromatic carbocycles. The smallest absolute Gasteiger partial charge is 0.271 e. The summed E-state index contributed by atoms with van der Waals surface area (Å²) in [5, 5.41) is 11.6.